The van der Waals surface area contributed by atoms with Gasteiger partial charge in [0.25, 0.3) is 0 Å². The van der Waals surface area contributed by atoms with E-state index in [0.29, 0.717) is 37.0 Å². The number of benzene rings is 1. The van der Waals surface area contributed by atoms with Crippen molar-refractivity contribution in [3.8, 4) is 0 Å². The summed E-state index contributed by atoms with van der Waals surface area (Å²) in [5.41, 5.74) is 0.670. The SMILES string of the molecule is CCC(CCCO)(CCCO)CCOC(=O)c1ccc(C(=O)OCCOC)cc1. The molecule has 7 heteroatoms. The summed E-state index contributed by atoms with van der Waals surface area (Å²) < 4.78 is 15.3. The van der Waals surface area contributed by atoms with Crippen LogP contribution in [0, 0.1) is 5.41 Å². The lowest BCUT2D eigenvalue weighted by atomic mass is 9.74. The van der Waals surface area contributed by atoms with Crippen molar-refractivity contribution in [2.24, 2.45) is 5.41 Å². The Labute approximate surface area is 173 Å². The monoisotopic (exact) mass is 410 g/mol. The molecule has 0 aliphatic heterocycles. The number of rotatable bonds is 15. The molecule has 0 unspecified atom stereocenters. The molecular formula is C22H34O7. The van der Waals surface area contributed by atoms with Gasteiger partial charge in [-0.1, -0.05) is 13.3 Å². The molecule has 29 heavy (non-hydrogen) atoms. The van der Waals surface area contributed by atoms with Gasteiger partial charge in [0, 0.05) is 20.3 Å². The molecule has 0 aliphatic rings. The molecule has 1 aromatic rings. The van der Waals surface area contributed by atoms with Crippen molar-refractivity contribution in [2.45, 2.75) is 45.4 Å². The predicted octanol–water partition coefficient (Wildman–Crippen LogP) is 2.98. The van der Waals surface area contributed by atoms with Crippen LogP contribution in [0.4, 0.5) is 0 Å². The molecule has 0 spiro atoms. The average Bonchev–Trinajstić information content (AvgIpc) is 2.75. The van der Waals surface area contributed by atoms with Crippen LogP contribution in [-0.4, -0.2) is 62.3 Å². The first-order valence-corrected chi connectivity index (χ1v) is 10.2. The van der Waals surface area contributed by atoms with Gasteiger partial charge in [0.15, 0.2) is 0 Å². The van der Waals surface area contributed by atoms with Gasteiger partial charge < -0.3 is 24.4 Å². The van der Waals surface area contributed by atoms with Crippen LogP contribution in [0.2, 0.25) is 0 Å². The van der Waals surface area contributed by atoms with E-state index in [0.717, 1.165) is 19.3 Å². The summed E-state index contributed by atoms with van der Waals surface area (Å²) in [6.45, 7) is 3.10. The van der Waals surface area contributed by atoms with Gasteiger partial charge in [-0.2, -0.15) is 0 Å². The van der Waals surface area contributed by atoms with Crippen LogP contribution in [-0.2, 0) is 14.2 Å². The lowest BCUT2D eigenvalue weighted by molar-refractivity contribution is 0.0381. The lowest BCUT2D eigenvalue weighted by Crippen LogP contribution is -2.24. The fourth-order valence-electron chi connectivity index (χ4n) is 3.30. The van der Waals surface area contributed by atoms with Gasteiger partial charge in [-0.15, -0.1) is 0 Å². The van der Waals surface area contributed by atoms with Crippen LogP contribution in [0.15, 0.2) is 24.3 Å². The van der Waals surface area contributed by atoms with Crippen LogP contribution in [0.25, 0.3) is 0 Å². The number of ether oxygens (including phenoxy) is 3. The van der Waals surface area contributed by atoms with Crippen LogP contribution in [0.5, 0.6) is 0 Å². The minimum Gasteiger partial charge on any atom is -0.462 e. The number of carbonyl (C=O) groups excluding carboxylic acids is 2. The smallest absolute Gasteiger partial charge is 0.338 e. The predicted molar refractivity (Wildman–Crippen MR) is 109 cm³/mol. The van der Waals surface area contributed by atoms with Crippen molar-refractivity contribution >= 4 is 11.9 Å². The van der Waals surface area contributed by atoms with Crippen LogP contribution < -0.4 is 0 Å². The highest BCUT2D eigenvalue weighted by molar-refractivity contribution is 5.93. The van der Waals surface area contributed by atoms with Crippen molar-refractivity contribution in [3.05, 3.63) is 35.4 Å². The second kappa shape index (κ2) is 14.1. The number of carbonyl (C=O) groups is 2. The molecule has 0 aromatic heterocycles. The molecule has 0 saturated heterocycles. The summed E-state index contributed by atoms with van der Waals surface area (Å²) in [6, 6.07) is 6.15. The zero-order valence-electron chi connectivity index (χ0n) is 17.5. The lowest BCUT2D eigenvalue weighted by Gasteiger charge is -2.32. The molecular weight excluding hydrogens is 376 g/mol. The fourth-order valence-corrected chi connectivity index (χ4v) is 3.30. The molecule has 2 N–H and O–H groups in total. The van der Waals surface area contributed by atoms with Crippen molar-refractivity contribution in [2.75, 3.05) is 40.1 Å². The number of methoxy groups -OCH3 is 1. The third-order valence-electron chi connectivity index (χ3n) is 5.22. The number of aliphatic hydroxyl groups excluding tert-OH is 2. The molecule has 0 bridgehead atoms. The molecule has 0 atom stereocenters. The van der Waals surface area contributed by atoms with Crippen LogP contribution in [0.1, 0.15) is 66.2 Å². The Bertz CT molecular complexity index is 590. The largest absolute Gasteiger partial charge is 0.462 e. The van der Waals surface area contributed by atoms with Crippen LogP contribution >= 0.6 is 0 Å². The van der Waals surface area contributed by atoms with Crippen LogP contribution in [0.3, 0.4) is 0 Å². The standard InChI is InChI=1S/C22H34O7/c1-3-22(10-4-13-23,11-5-14-24)12-15-28-20(25)18-6-8-19(9-7-18)21(26)29-17-16-27-2/h6-9,23-24H,3-5,10-17H2,1-2H3. The van der Waals surface area contributed by atoms with Gasteiger partial charge in [0.2, 0.25) is 0 Å². The second-order valence-corrected chi connectivity index (χ2v) is 7.10. The molecule has 1 aromatic carbocycles. The van der Waals surface area contributed by atoms with Crippen molar-refractivity contribution in [1.29, 1.82) is 0 Å². The summed E-state index contributed by atoms with van der Waals surface area (Å²) in [4.78, 5) is 24.2. The molecule has 0 amide bonds. The van der Waals surface area contributed by atoms with E-state index >= 15 is 0 Å². The average molecular weight is 411 g/mol. The number of hydrogen-bond donors (Lipinski definition) is 2. The Morgan fingerprint density at radius 3 is 1.72 bits per heavy atom. The molecule has 0 fully saturated rings. The molecule has 0 aliphatic carbocycles. The third kappa shape index (κ3) is 8.94. The van der Waals surface area contributed by atoms with E-state index < -0.39 is 11.9 Å². The highest BCUT2D eigenvalue weighted by Gasteiger charge is 2.27. The Balaban J connectivity index is 2.58. The zero-order valence-corrected chi connectivity index (χ0v) is 17.5. The minimum absolute atomic E-state index is 0.0540. The molecule has 164 valence electrons. The summed E-state index contributed by atoms with van der Waals surface area (Å²) >= 11 is 0. The van der Waals surface area contributed by atoms with Crippen molar-refractivity contribution in [1.82, 2.24) is 0 Å². The van der Waals surface area contributed by atoms with Crippen molar-refractivity contribution in [3.63, 3.8) is 0 Å². The minimum atomic E-state index is -0.470. The second-order valence-electron chi connectivity index (χ2n) is 7.10. The molecule has 0 saturated carbocycles. The van der Waals surface area contributed by atoms with E-state index in [1.54, 1.807) is 12.1 Å². The van der Waals surface area contributed by atoms with E-state index in [1.165, 1.54) is 19.2 Å². The van der Waals surface area contributed by atoms with Gasteiger partial charge >= 0.3 is 11.9 Å². The Morgan fingerprint density at radius 2 is 1.31 bits per heavy atom. The van der Waals surface area contributed by atoms with Gasteiger partial charge in [0.1, 0.15) is 6.61 Å². The Kier molecular flexibility index (Phi) is 12.2. The molecule has 1 rings (SSSR count). The first-order chi connectivity index (χ1) is 14.0. The third-order valence-corrected chi connectivity index (χ3v) is 5.22. The van der Waals surface area contributed by atoms with Gasteiger partial charge in [-0.05, 0) is 61.8 Å². The summed E-state index contributed by atoms with van der Waals surface area (Å²) in [6.07, 6.45) is 4.61. The van der Waals surface area contributed by atoms with Gasteiger partial charge in [-0.3, -0.25) is 0 Å². The number of hydrogen-bond acceptors (Lipinski definition) is 7. The van der Waals surface area contributed by atoms with E-state index in [9.17, 15) is 9.59 Å². The maximum atomic E-state index is 12.3. The van der Waals surface area contributed by atoms with Crippen molar-refractivity contribution < 1.29 is 34.0 Å². The number of esters is 2. The Hall–Kier alpha value is -1.96. The first-order valence-electron chi connectivity index (χ1n) is 10.2. The highest BCUT2D eigenvalue weighted by Crippen LogP contribution is 2.37. The van der Waals surface area contributed by atoms with E-state index in [2.05, 4.69) is 6.92 Å². The zero-order chi connectivity index (χ0) is 21.5. The molecule has 0 heterocycles. The van der Waals surface area contributed by atoms with E-state index in [-0.39, 0.29) is 31.8 Å². The quantitative estimate of drug-likeness (QED) is 0.338. The van der Waals surface area contributed by atoms with E-state index in [1.807, 2.05) is 0 Å². The highest BCUT2D eigenvalue weighted by atomic mass is 16.6. The maximum absolute atomic E-state index is 12.3. The first kappa shape index (κ1) is 25.1. The molecule has 7 nitrogen and oxygen atoms in total. The topological polar surface area (TPSA) is 102 Å². The normalized spacial score (nSPS) is 11.3. The van der Waals surface area contributed by atoms with E-state index in [4.69, 9.17) is 24.4 Å². The maximum Gasteiger partial charge on any atom is 0.338 e. The summed E-state index contributed by atoms with van der Waals surface area (Å²) in [7, 11) is 1.53. The van der Waals surface area contributed by atoms with Gasteiger partial charge in [-0.25, -0.2) is 9.59 Å². The Morgan fingerprint density at radius 1 is 0.828 bits per heavy atom. The fraction of sp³-hybridized carbons (Fsp3) is 0.636. The summed E-state index contributed by atoms with van der Waals surface area (Å²) in [5.74, 6) is -0.916. The molecule has 0 radical (unpaired) electrons. The summed E-state index contributed by atoms with van der Waals surface area (Å²) in [5, 5.41) is 18.3. The van der Waals surface area contributed by atoms with Gasteiger partial charge in [0.05, 0.1) is 24.3 Å². The number of aliphatic hydroxyl groups is 2.